The Morgan fingerprint density at radius 1 is 0.914 bits per heavy atom. The maximum atomic E-state index is 13.6. The summed E-state index contributed by atoms with van der Waals surface area (Å²) >= 11 is 0. The molecule has 1 atom stereocenters. The number of aromatic nitrogens is 5. The number of benzene rings is 3. The fourth-order valence-corrected chi connectivity index (χ4v) is 4.66. The number of alkyl halides is 3. The minimum Gasteiger partial charge on any atom is -0.333 e. The summed E-state index contributed by atoms with van der Waals surface area (Å²) in [6.45, 7) is 2.09. The second-order valence-electron chi connectivity index (χ2n) is 8.52. The van der Waals surface area contributed by atoms with Gasteiger partial charge in [0.2, 0.25) is 5.82 Å². The van der Waals surface area contributed by atoms with Crippen molar-refractivity contribution in [3.63, 3.8) is 0 Å². The molecule has 1 N–H and O–H groups in total. The van der Waals surface area contributed by atoms with E-state index in [-0.39, 0.29) is 6.04 Å². The van der Waals surface area contributed by atoms with E-state index in [4.69, 9.17) is 0 Å². The van der Waals surface area contributed by atoms with Crippen molar-refractivity contribution >= 4 is 10.9 Å². The zero-order valence-electron chi connectivity index (χ0n) is 19.1. The molecule has 0 radical (unpaired) electrons. The Labute approximate surface area is 200 Å². The molecule has 0 amide bonds. The molecule has 5 aromatic rings. The standard InChI is InChI=1S/C27H24F3N5/c1-2-3-14-23(18-10-8-11-20(16-18)27(28,29)30)35-24-15-7-4-9-19(24)17-25(35)21-12-5-6-13-22(21)26-31-33-34-32-26/h4-13,15-17,23H,2-3,14H2,1H3,(H,31,32,33,34). The average Bonchev–Trinajstić information content (AvgIpc) is 3.53. The molecular weight excluding hydrogens is 451 g/mol. The monoisotopic (exact) mass is 475 g/mol. The maximum Gasteiger partial charge on any atom is 0.416 e. The first-order valence-electron chi connectivity index (χ1n) is 11.6. The van der Waals surface area contributed by atoms with Gasteiger partial charge >= 0.3 is 6.18 Å². The molecular formula is C27H24F3N5. The number of halogens is 3. The van der Waals surface area contributed by atoms with Crippen LogP contribution in [-0.4, -0.2) is 25.2 Å². The molecule has 1 unspecified atom stereocenters. The van der Waals surface area contributed by atoms with Crippen LogP contribution in [0.15, 0.2) is 78.9 Å². The molecule has 178 valence electrons. The summed E-state index contributed by atoms with van der Waals surface area (Å²) in [5, 5.41) is 15.6. The molecule has 5 rings (SSSR count). The van der Waals surface area contributed by atoms with Gasteiger partial charge in [-0.15, -0.1) is 10.2 Å². The molecule has 0 saturated carbocycles. The van der Waals surface area contributed by atoms with Crippen LogP contribution < -0.4 is 0 Å². The third kappa shape index (κ3) is 4.43. The Morgan fingerprint density at radius 3 is 2.43 bits per heavy atom. The summed E-state index contributed by atoms with van der Waals surface area (Å²) in [6.07, 6.45) is -1.89. The summed E-state index contributed by atoms with van der Waals surface area (Å²) in [6, 6.07) is 23.2. The molecule has 5 nitrogen and oxygen atoms in total. The summed E-state index contributed by atoms with van der Waals surface area (Å²) in [5.74, 6) is 0.460. The first-order chi connectivity index (χ1) is 17.0. The van der Waals surface area contributed by atoms with Crippen LogP contribution in [0.1, 0.15) is 43.4 Å². The highest BCUT2D eigenvalue weighted by molar-refractivity contribution is 5.90. The predicted octanol–water partition coefficient (Wildman–Crippen LogP) is 7.29. The number of hydrogen-bond donors (Lipinski definition) is 1. The van der Waals surface area contributed by atoms with Crippen molar-refractivity contribution in [3.8, 4) is 22.6 Å². The van der Waals surface area contributed by atoms with Crippen LogP contribution in [0.2, 0.25) is 0 Å². The first-order valence-corrected chi connectivity index (χ1v) is 11.6. The number of para-hydroxylation sites is 1. The Kier molecular flexibility index (Phi) is 6.11. The van der Waals surface area contributed by atoms with Gasteiger partial charge in [0, 0.05) is 22.0 Å². The Hall–Kier alpha value is -3.94. The van der Waals surface area contributed by atoms with Crippen LogP contribution in [0.4, 0.5) is 13.2 Å². The van der Waals surface area contributed by atoms with E-state index in [1.807, 2.05) is 48.5 Å². The van der Waals surface area contributed by atoms with Crippen LogP contribution in [0, 0.1) is 0 Å². The van der Waals surface area contributed by atoms with Gasteiger partial charge in [-0.25, -0.2) is 0 Å². The summed E-state index contributed by atoms with van der Waals surface area (Å²) < 4.78 is 43.0. The number of nitrogens with zero attached hydrogens (tertiary/aromatic N) is 4. The van der Waals surface area contributed by atoms with Crippen molar-refractivity contribution in [1.29, 1.82) is 0 Å². The molecule has 2 aromatic heterocycles. The van der Waals surface area contributed by atoms with Crippen molar-refractivity contribution < 1.29 is 13.2 Å². The zero-order chi connectivity index (χ0) is 24.4. The first kappa shape index (κ1) is 22.8. The van der Waals surface area contributed by atoms with E-state index in [2.05, 4.69) is 38.2 Å². The van der Waals surface area contributed by atoms with Gasteiger partial charge in [0.1, 0.15) is 0 Å². The van der Waals surface area contributed by atoms with Crippen molar-refractivity contribution in [3.05, 3.63) is 90.0 Å². The van der Waals surface area contributed by atoms with Gasteiger partial charge in [0.15, 0.2) is 0 Å². The highest BCUT2D eigenvalue weighted by Gasteiger charge is 2.31. The zero-order valence-corrected chi connectivity index (χ0v) is 19.1. The molecule has 0 fully saturated rings. The fraction of sp³-hybridized carbons (Fsp3) is 0.222. The van der Waals surface area contributed by atoms with Gasteiger partial charge in [0.05, 0.1) is 17.3 Å². The summed E-state index contributed by atoms with van der Waals surface area (Å²) in [7, 11) is 0. The van der Waals surface area contributed by atoms with E-state index in [9.17, 15) is 13.2 Å². The molecule has 3 aromatic carbocycles. The number of rotatable bonds is 7. The highest BCUT2D eigenvalue weighted by Crippen LogP contribution is 2.40. The van der Waals surface area contributed by atoms with Crippen LogP contribution in [0.3, 0.4) is 0 Å². The van der Waals surface area contributed by atoms with Crippen LogP contribution in [0.5, 0.6) is 0 Å². The van der Waals surface area contributed by atoms with E-state index >= 15 is 0 Å². The minimum absolute atomic E-state index is 0.287. The normalized spacial score (nSPS) is 12.8. The average molecular weight is 476 g/mol. The summed E-state index contributed by atoms with van der Waals surface area (Å²) in [4.78, 5) is 0. The SMILES string of the molecule is CCCCC(c1cccc(C(F)(F)F)c1)n1c(-c2ccccc2-c2nn[nH]n2)cc2ccccc21. The smallest absolute Gasteiger partial charge is 0.333 e. The van der Waals surface area contributed by atoms with E-state index in [0.29, 0.717) is 17.8 Å². The number of hydrogen-bond acceptors (Lipinski definition) is 3. The van der Waals surface area contributed by atoms with Gasteiger partial charge in [-0.3, -0.25) is 0 Å². The molecule has 0 aliphatic heterocycles. The van der Waals surface area contributed by atoms with Gasteiger partial charge < -0.3 is 4.57 Å². The lowest BCUT2D eigenvalue weighted by Gasteiger charge is -2.25. The van der Waals surface area contributed by atoms with Crippen LogP contribution in [0.25, 0.3) is 33.5 Å². The molecule has 35 heavy (non-hydrogen) atoms. The highest BCUT2D eigenvalue weighted by atomic mass is 19.4. The molecule has 0 aliphatic rings. The van der Waals surface area contributed by atoms with Gasteiger partial charge in [-0.05, 0) is 41.5 Å². The lowest BCUT2D eigenvalue weighted by Crippen LogP contribution is -2.14. The Morgan fingerprint density at radius 2 is 1.69 bits per heavy atom. The van der Waals surface area contributed by atoms with Gasteiger partial charge in [0.25, 0.3) is 0 Å². The molecule has 0 aliphatic carbocycles. The quantitative estimate of drug-likeness (QED) is 0.269. The lowest BCUT2D eigenvalue weighted by atomic mass is 9.97. The molecule has 0 bridgehead atoms. The van der Waals surface area contributed by atoms with E-state index in [0.717, 1.165) is 46.6 Å². The Balaban J connectivity index is 1.76. The second kappa shape index (κ2) is 9.37. The molecule has 0 saturated heterocycles. The third-order valence-electron chi connectivity index (χ3n) is 6.28. The number of H-pyrrole nitrogens is 1. The lowest BCUT2D eigenvalue weighted by molar-refractivity contribution is -0.137. The van der Waals surface area contributed by atoms with Crippen LogP contribution in [-0.2, 0) is 6.18 Å². The molecule has 2 heterocycles. The van der Waals surface area contributed by atoms with E-state index in [1.165, 1.54) is 12.1 Å². The second-order valence-corrected chi connectivity index (χ2v) is 8.52. The van der Waals surface area contributed by atoms with Crippen molar-refractivity contribution in [2.75, 3.05) is 0 Å². The minimum atomic E-state index is -4.40. The number of aromatic amines is 1. The van der Waals surface area contributed by atoms with Crippen molar-refractivity contribution in [2.45, 2.75) is 38.4 Å². The number of fused-ring (bicyclic) bond motifs is 1. The van der Waals surface area contributed by atoms with E-state index in [1.54, 1.807) is 6.07 Å². The number of unbranched alkanes of at least 4 members (excludes halogenated alkanes) is 1. The molecule has 0 spiro atoms. The van der Waals surface area contributed by atoms with Crippen LogP contribution >= 0.6 is 0 Å². The predicted molar refractivity (Wildman–Crippen MR) is 130 cm³/mol. The summed E-state index contributed by atoms with van der Waals surface area (Å²) in [5.41, 5.74) is 3.53. The third-order valence-corrected chi connectivity index (χ3v) is 6.28. The van der Waals surface area contributed by atoms with Gasteiger partial charge in [-0.2, -0.15) is 18.4 Å². The van der Waals surface area contributed by atoms with Crippen molar-refractivity contribution in [2.24, 2.45) is 0 Å². The molecule has 8 heteroatoms. The van der Waals surface area contributed by atoms with E-state index < -0.39 is 11.7 Å². The maximum absolute atomic E-state index is 13.6. The number of tetrazole rings is 1. The topological polar surface area (TPSA) is 59.4 Å². The van der Waals surface area contributed by atoms with Crippen molar-refractivity contribution in [1.82, 2.24) is 25.2 Å². The fourth-order valence-electron chi connectivity index (χ4n) is 4.66. The number of nitrogens with one attached hydrogen (secondary N) is 1. The Bertz CT molecular complexity index is 1440. The van der Waals surface area contributed by atoms with Gasteiger partial charge in [-0.1, -0.05) is 74.4 Å². The largest absolute Gasteiger partial charge is 0.416 e.